The molecule has 0 saturated carbocycles. The summed E-state index contributed by atoms with van der Waals surface area (Å²) < 4.78 is 25.6. The lowest BCUT2D eigenvalue weighted by Gasteiger charge is -2.33. The average Bonchev–Trinajstić information content (AvgIpc) is 2.86. The summed E-state index contributed by atoms with van der Waals surface area (Å²) in [5.41, 5.74) is 2.81. The number of piperazine rings is 1. The first-order valence-corrected chi connectivity index (χ1v) is 13.3. The number of aromatic nitrogens is 1. The minimum absolute atomic E-state index is 0.0234. The Balaban J connectivity index is 1.41. The molecule has 1 aromatic heterocycles. The van der Waals surface area contributed by atoms with E-state index in [4.69, 9.17) is 9.47 Å². The third-order valence-electron chi connectivity index (χ3n) is 6.39. The van der Waals surface area contributed by atoms with Crippen LogP contribution in [0.4, 0.5) is 5.82 Å². The van der Waals surface area contributed by atoms with Gasteiger partial charge in [-0.15, -0.1) is 0 Å². The van der Waals surface area contributed by atoms with Gasteiger partial charge in [0.25, 0.3) is 0 Å². The standard InChI is InChI=1S/C26H39N5O4S/c1-20-15-23(34-6)16-21(2)26(20)36(33)30(5)13-14-35-19-25(32)29(4)18-22-7-8-24(27-17-22)31-11-9-28(3)10-12-31/h7-8,15-17H,9-14,18-19H2,1-6H3. The third-order valence-corrected chi connectivity index (χ3v) is 8.13. The van der Waals surface area contributed by atoms with E-state index in [1.165, 1.54) is 0 Å². The summed E-state index contributed by atoms with van der Waals surface area (Å²) in [6, 6.07) is 7.82. The molecule has 0 N–H and O–H groups in total. The van der Waals surface area contributed by atoms with Crippen molar-refractivity contribution >= 4 is 22.7 Å². The number of anilines is 1. The smallest absolute Gasteiger partial charge is 0.248 e. The van der Waals surface area contributed by atoms with Crippen LogP contribution in [-0.2, 0) is 27.1 Å². The number of pyridine rings is 1. The van der Waals surface area contributed by atoms with Crippen LogP contribution < -0.4 is 9.64 Å². The summed E-state index contributed by atoms with van der Waals surface area (Å²) in [6.45, 7) is 9.06. The third kappa shape index (κ3) is 7.49. The van der Waals surface area contributed by atoms with Crippen LogP contribution in [0.2, 0.25) is 0 Å². The van der Waals surface area contributed by atoms with Gasteiger partial charge in [0.2, 0.25) is 5.91 Å². The van der Waals surface area contributed by atoms with E-state index >= 15 is 0 Å². The second-order valence-corrected chi connectivity index (χ2v) is 10.8. The van der Waals surface area contributed by atoms with Crippen LogP contribution in [0, 0.1) is 13.8 Å². The van der Waals surface area contributed by atoms with Gasteiger partial charge in [0.1, 0.15) is 29.2 Å². The highest BCUT2D eigenvalue weighted by Crippen LogP contribution is 2.25. The van der Waals surface area contributed by atoms with E-state index < -0.39 is 11.0 Å². The summed E-state index contributed by atoms with van der Waals surface area (Å²) in [7, 11) is 5.97. The molecule has 3 rings (SSSR count). The summed E-state index contributed by atoms with van der Waals surface area (Å²) in [5, 5.41) is 0. The molecule has 36 heavy (non-hydrogen) atoms. The number of aryl methyl sites for hydroxylation is 2. The number of methoxy groups -OCH3 is 1. The number of nitrogens with zero attached hydrogens (tertiary/aromatic N) is 5. The van der Waals surface area contributed by atoms with Crippen molar-refractivity contribution in [2.45, 2.75) is 25.3 Å². The number of carbonyl (C=O) groups excluding carboxylic acids is 1. The SMILES string of the molecule is COc1cc(C)c(S(=O)N(C)CCOCC(=O)N(C)Cc2ccc(N3CCN(C)CC3)nc2)c(C)c1. The Kier molecular flexibility index (Phi) is 10.2. The van der Waals surface area contributed by atoms with E-state index in [1.54, 1.807) is 30.4 Å². The molecule has 1 atom stereocenters. The maximum Gasteiger partial charge on any atom is 0.248 e. The molecular formula is C26H39N5O4S. The monoisotopic (exact) mass is 517 g/mol. The molecule has 1 aliphatic rings. The van der Waals surface area contributed by atoms with Crippen LogP contribution in [-0.4, -0.2) is 103 Å². The lowest BCUT2D eigenvalue weighted by atomic mass is 10.1. The first-order chi connectivity index (χ1) is 17.2. The Hall–Kier alpha value is -2.53. The Bertz CT molecular complexity index is 1020. The van der Waals surface area contributed by atoms with Gasteiger partial charge in [-0.2, -0.15) is 0 Å². The van der Waals surface area contributed by atoms with E-state index in [1.807, 2.05) is 44.3 Å². The quantitative estimate of drug-likeness (QED) is 0.423. The maximum absolute atomic E-state index is 13.0. The van der Waals surface area contributed by atoms with Crippen molar-refractivity contribution in [2.24, 2.45) is 0 Å². The normalized spacial score (nSPS) is 15.2. The molecule has 0 aliphatic carbocycles. The van der Waals surface area contributed by atoms with Crippen molar-refractivity contribution in [3.63, 3.8) is 0 Å². The first-order valence-electron chi connectivity index (χ1n) is 12.2. The zero-order valence-electron chi connectivity index (χ0n) is 22.3. The maximum atomic E-state index is 13.0. The van der Waals surface area contributed by atoms with Crippen molar-refractivity contribution in [3.05, 3.63) is 47.2 Å². The lowest BCUT2D eigenvalue weighted by Crippen LogP contribution is -2.44. The van der Waals surface area contributed by atoms with Gasteiger partial charge in [0.15, 0.2) is 0 Å². The minimum atomic E-state index is -1.33. The van der Waals surface area contributed by atoms with Gasteiger partial charge >= 0.3 is 0 Å². The van der Waals surface area contributed by atoms with Gasteiger partial charge in [-0.05, 0) is 55.8 Å². The molecule has 198 valence electrons. The average molecular weight is 518 g/mol. The number of benzene rings is 1. The predicted octanol–water partition coefficient (Wildman–Crippen LogP) is 2.09. The number of hydrogen-bond acceptors (Lipinski definition) is 7. The second kappa shape index (κ2) is 13.1. The van der Waals surface area contributed by atoms with Crippen LogP contribution >= 0.6 is 0 Å². The molecule has 1 unspecified atom stereocenters. The van der Waals surface area contributed by atoms with Gasteiger partial charge in [-0.25, -0.2) is 13.5 Å². The van der Waals surface area contributed by atoms with Crippen LogP contribution in [0.3, 0.4) is 0 Å². The Morgan fingerprint density at radius 1 is 1.11 bits per heavy atom. The molecular weight excluding hydrogens is 478 g/mol. The molecule has 1 aliphatic heterocycles. The molecule has 0 spiro atoms. The molecule has 9 nitrogen and oxygen atoms in total. The summed E-state index contributed by atoms with van der Waals surface area (Å²) in [5.74, 6) is 1.62. The largest absolute Gasteiger partial charge is 0.497 e. The molecule has 2 heterocycles. The van der Waals surface area contributed by atoms with Gasteiger partial charge in [0, 0.05) is 59.6 Å². The van der Waals surface area contributed by atoms with Gasteiger partial charge < -0.3 is 24.2 Å². The fourth-order valence-corrected chi connectivity index (χ4v) is 5.32. The summed E-state index contributed by atoms with van der Waals surface area (Å²) >= 11 is 0. The second-order valence-electron chi connectivity index (χ2n) is 9.31. The van der Waals surface area contributed by atoms with Crippen molar-refractivity contribution in [1.29, 1.82) is 0 Å². The van der Waals surface area contributed by atoms with E-state index in [2.05, 4.69) is 21.8 Å². The molecule has 1 aromatic carbocycles. The topological polar surface area (TPSA) is 78.5 Å². The number of likely N-dealkylation sites (N-methyl/N-ethyl adjacent to an activating group) is 3. The van der Waals surface area contributed by atoms with Crippen molar-refractivity contribution in [3.8, 4) is 5.75 Å². The number of amides is 1. The van der Waals surface area contributed by atoms with Crippen molar-refractivity contribution < 1.29 is 18.5 Å². The van der Waals surface area contributed by atoms with Crippen LogP contribution in [0.15, 0.2) is 35.4 Å². The number of ether oxygens (including phenoxy) is 2. The molecule has 2 aromatic rings. The van der Waals surface area contributed by atoms with Gasteiger partial charge in [0.05, 0.1) is 18.6 Å². The highest BCUT2D eigenvalue weighted by atomic mass is 32.2. The predicted molar refractivity (Wildman–Crippen MR) is 143 cm³/mol. The van der Waals surface area contributed by atoms with Gasteiger partial charge in [-0.1, -0.05) is 6.07 Å². The number of hydrogen-bond donors (Lipinski definition) is 0. The van der Waals surface area contributed by atoms with Gasteiger partial charge in [-0.3, -0.25) is 4.79 Å². The zero-order chi connectivity index (χ0) is 26.2. The number of rotatable bonds is 11. The zero-order valence-corrected chi connectivity index (χ0v) is 23.1. The Labute approximate surface area is 217 Å². The van der Waals surface area contributed by atoms with E-state index in [-0.39, 0.29) is 12.5 Å². The summed E-state index contributed by atoms with van der Waals surface area (Å²) in [6.07, 6.45) is 1.84. The Morgan fingerprint density at radius 2 is 1.78 bits per heavy atom. The first kappa shape index (κ1) is 28.0. The van der Waals surface area contributed by atoms with Crippen molar-refractivity contribution in [2.75, 3.05) is 79.1 Å². The molecule has 10 heteroatoms. The van der Waals surface area contributed by atoms with Crippen LogP contribution in [0.5, 0.6) is 5.75 Å². The molecule has 0 radical (unpaired) electrons. The Morgan fingerprint density at radius 3 is 2.36 bits per heavy atom. The molecule has 1 amide bonds. The molecule has 1 saturated heterocycles. The van der Waals surface area contributed by atoms with E-state index in [0.29, 0.717) is 19.7 Å². The molecule has 1 fully saturated rings. The lowest BCUT2D eigenvalue weighted by molar-refractivity contribution is -0.135. The van der Waals surface area contributed by atoms with E-state index in [0.717, 1.165) is 59.3 Å². The van der Waals surface area contributed by atoms with Crippen molar-refractivity contribution in [1.82, 2.24) is 19.1 Å². The van der Waals surface area contributed by atoms with Crippen LogP contribution in [0.1, 0.15) is 16.7 Å². The number of carbonyl (C=O) groups is 1. The fourth-order valence-electron chi connectivity index (χ4n) is 4.10. The minimum Gasteiger partial charge on any atom is -0.497 e. The summed E-state index contributed by atoms with van der Waals surface area (Å²) in [4.78, 5) is 24.1. The fraction of sp³-hybridized carbons (Fsp3) is 0.538. The highest BCUT2D eigenvalue weighted by molar-refractivity contribution is 7.82. The highest BCUT2D eigenvalue weighted by Gasteiger charge is 2.18. The van der Waals surface area contributed by atoms with E-state index in [9.17, 15) is 9.00 Å². The van der Waals surface area contributed by atoms with Crippen LogP contribution in [0.25, 0.3) is 0 Å². The molecule has 0 bridgehead atoms.